The number of hydrogen-bond donors (Lipinski definition) is 2. The summed E-state index contributed by atoms with van der Waals surface area (Å²) in [4.78, 5) is 12.2. The number of carbonyl (C=O) groups is 1. The molecule has 1 aromatic rings. The smallest absolute Gasteiger partial charge is 0.251 e. The van der Waals surface area contributed by atoms with E-state index in [1.165, 1.54) is 18.9 Å². The van der Waals surface area contributed by atoms with Crippen LogP contribution in [0.4, 0.5) is 0 Å². The molecule has 1 aliphatic carbocycles. The average molecular weight is 344 g/mol. The van der Waals surface area contributed by atoms with Crippen LogP contribution >= 0.6 is 27.7 Å². The van der Waals surface area contributed by atoms with E-state index in [9.17, 15) is 9.90 Å². The van der Waals surface area contributed by atoms with Crippen molar-refractivity contribution in [2.24, 2.45) is 0 Å². The molecule has 2 atom stereocenters. The molecule has 1 saturated carbocycles. The molecule has 3 nitrogen and oxygen atoms in total. The minimum atomic E-state index is -0.101. The topological polar surface area (TPSA) is 49.3 Å². The molecule has 2 rings (SSSR count). The second-order valence-corrected chi connectivity index (χ2v) is 7.04. The van der Waals surface area contributed by atoms with Crippen LogP contribution in [0.15, 0.2) is 22.7 Å². The van der Waals surface area contributed by atoms with Gasteiger partial charge in [0.15, 0.2) is 0 Å². The van der Waals surface area contributed by atoms with E-state index in [1.807, 2.05) is 11.8 Å². The van der Waals surface area contributed by atoms with Crippen molar-refractivity contribution >= 4 is 33.6 Å². The van der Waals surface area contributed by atoms with Gasteiger partial charge in [-0.25, -0.2) is 0 Å². The second kappa shape index (κ2) is 6.66. The molecule has 0 saturated heterocycles. The minimum Gasteiger partial charge on any atom is -0.507 e. The standard InChI is InChI=1S/C14H18BrNO2S/c1-2-19-13-5-3-4-11(13)16-14(18)9-6-7-10(15)12(17)8-9/h6-8,11,13,17H,2-5H2,1H3,(H,16,18). The molecule has 19 heavy (non-hydrogen) atoms. The maximum Gasteiger partial charge on any atom is 0.251 e. The number of carbonyl (C=O) groups excluding carboxylic acids is 1. The molecule has 0 heterocycles. The molecule has 0 radical (unpaired) electrons. The Kier molecular flexibility index (Phi) is 5.16. The van der Waals surface area contributed by atoms with E-state index >= 15 is 0 Å². The Balaban J connectivity index is 2.02. The molecular weight excluding hydrogens is 326 g/mol. The van der Waals surface area contributed by atoms with Gasteiger partial charge in [0, 0.05) is 16.9 Å². The van der Waals surface area contributed by atoms with Crippen molar-refractivity contribution in [2.45, 2.75) is 37.5 Å². The lowest BCUT2D eigenvalue weighted by molar-refractivity contribution is 0.0938. The molecule has 2 N–H and O–H groups in total. The Labute approximate surface area is 126 Å². The van der Waals surface area contributed by atoms with E-state index in [0.717, 1.165) is 12.2 Å². The van der Waals surface area contributed by atoms with Gasteiger partial charge in [-0.15, -0.1) is 0 Å². The van der Waals surface area contributed by atoms with Gasteiger partial charge in [-0.2, -0.15) is 11.8 Å². The fourth-order valence-corrected chi connectivity index (χ4v) is 3.85. The van der Waals surface area contributed by atoms with Gasteiger partial charge in [0.05, 0.1) is 4.47 Å². The van der Waals surface area contributed by atoms with Crippen molar-refractivity contribution in [3.63, 3.8) is 0 Å². The van der Waals surface area contributed by atoms with Crippen LogP contribution in [-0.2, 0) is 0 Å². The van der Waals surface area contributed by atoms with E-state index in [4.69, 9.17) is 0 Å². The van der Waals surface area contributed by atoms with Crippen molar-refractivity contribution in [3.8, 4) is 5.75 Å². The molecule has 1 aromatic carbocycles. The highest BCUT2D eigenvalue weighted by Gasteiger charge is 2.28. The summed E-state index contributed by atoms with van der Waals surface area (Å²) in [7, 11) is 0. The van der Waals surface area contributed by atoms with Crippen LogP contribution in [-0.4, -0.2) is 28.1 Å². The normalized spacial score (nSPS) is 22.4. The SMILES string of the molecule is CCSC1CCCC1NC(=O)c1ccc(Br)c(O)c1. The van der Waals surface area contributed by atoms with E-state index in [1.54, 1.807) is 12.1 Å². The number of thioether (sulfide) groups is 1. The van der Waals surface area contributed by atoms with E-state index in [-0.39, 0.29) is 17.7 Å². The van der Waals surface area contributed by atoms with Gasteiger partial charge in [0.1, 0.15) is 5.75 Å². The number of halogens is 1. The Hall–Kier alpha value is -0.680. The second-order valence-electron chi connectivity index (χ2n) is 4.67. The van der Waals surface area contributed by atoms with Crippen molar-refractivity contribution < 1.29 is 9.90 Å². The van der Waals surface area contributed by atoms with Crippen LogP contribution in [0.5, 0.6) is 5.75 Å². The summed E-state index contributed by atoms with van der Waals surface area (Å²) < 4.78 is 0.601. The summed E-state index contributed by atoms with van der Waals surface area (Å²) in [5, 5.41) is 13.2. The van der Waals surface area contributed by atoms with Crippen LogP contribution < -0.4 is 5.32 Å². The molecule has 2 unspecified atom stereocenters. The van der Waals surface area contributed by atoms with Crippen molar-refractivity contribution in [3.05, 3.63) is 28.2 Å². The predicted octanol–water partition coefficient (Wildman–Crippen LogP) is 3.56. The zero-order chi connectivity index (χ0) is 13.8. The first-order chi connectivity index (χ1) is 9.11. The molecule has 0 bridgehead atoms. The Bertz CT molecular complexity index is 467. The first-order valence-electron chi connectivity index (χ1n) is 6.52. The summed E-state index contributed by atoms with van der Waals surface area (Å²) >= 11 is 5.13. The number of benzene rings is 1. The monoisotopic (exact) mass is 343 g/mol. The van der Waals surface area contributed by atoms with Gasteiger partial charge in [-0.3, -0.25) is 4.79 Å². The zero-order valence-corrected chi connectivity index (χ0v) is 13.3. The van der Waals surface area contributed by atoms with Gasteiger partial charge < -0.3 is 10.4 Å². The van der Waals surface area contributed by atoms with Crippen molar-refractivity contribution in [1.82, 2.24) is 5.32 Å². The van der Waals surface area contributed by atoms with E-state index in [0.29, 0.717) is 15.3 Å². The maximum absolute atomic E-state index is 12.2. The number of hydrogen-bond acceptors (Lipinski definition) is 3. The molecule has 0 aromatic heterocycles. The Morgan fingerprint density at radius 3 is 3.00 bits per heavy atom. The number of phenols is 1. The summed E-state index contributed by atoms with van der Waals surface area (Å²) in [5.41, 5.74) is 0.507. The van der Waals surface area contributed by atoms with Crippen LogP contribution in [0, 0.1) is 0 Å². The fraction of sp³-hybridized carbons (Fsp3) is 0.500. The molecule has 0 aliphatic heterocycles. The van der Waals surface area contributed by atoms with Crippen molar-refractivity contribution in [1.29, 1.82) is 0 Å². The third-order valence-corrected chi connectivity index (χ3v) is 5.35. The fourth-order valence-electron chi connectivity index (χ4n) is 2.41. The average Bonchev–Trinajstić information content (AvgIpc) is 2.80. The Morgan fingerprint density at radius 1 is 1.53 bits per heavy atom. The highest BCUT2D eigenvalue weighted by molar-refractivity contribution is 9.10. The summed E-state index contributed by atoms with van der Waals surface area (Å²) in [6.45, 7) is 2.15. The number of amides is 1. The lowest BCUT2D eigenvalue weighted by Crippen LogP contribution is -2.38. The van der Waals surface area contributed by atoms with E-state index in [2.05, 4.69) is 28.2 Å². The third kappa shape index (κ3) is 3.66. The highest BCUT2D eigenvalue weighted by atomic mass is 79.9. The summed E-state index contributed by atoms with van der Waals surface area (Å²) in [6.07, 6.45) is 3.40. The van der Waals surface area contributed by atoms with Gasteiger partial charge in [-0.05, 0) is 52.7 Å². The minimum absolute atomic E-state index is 0.0959. The number of rotatable bonds is 4. The van der Waals surface area contributed by atoms with Crippen LogP contribution in [0.25, 0.3) is 0 Å². The first kappa shape index (κ1) is 14.7. The quantitative estimate of drug-likeness (QED) is 0.878. The molecule has 1 aliphatic rings. The number of phenolic OH excluding ortho intramolecular Hbond substituents is 1. The lowest BCUT2D eigenvalue weighted by atomic mass is 10.1. The predicted molar refractivity (Wildman–Crippen MR) is 82.8 cm³/mol. The van der Waals surface area contributed by atoms with Gasteiger partial charge >= 0.3 is 0 Å². The molecule has 1 amide bonds. The van der Waals surface area contributed by atoms with E-state index < -0.39 is 0 Å². The number of aromatic hydroxyl groups is 1. The molecule has 104 valence electrons. The van der Waals surface area contributed by atoms with Crippen LogP contribution in [0.2, 0.25) is 0 Å². The Morgan fingerprint density at radius 2 is 2.32 bits per heavy atom. The molecule has 5 heteroatoms. The molecule has 1 fully saturated rings. The molecule has 0 spiro atoms. The third-order valence-electron chi connectivity index (χ3n) is 3.36. The maximum atomic E-state index is 12.2. The van der Waals surface area contributed by atoms with Crippen LogP contribution in [0.3, 0.4) is 0 Å². The zero-order valence-electron chi connectivity index (χ0n) is 10.9. The number of nitrogens with one attached hydrogen (secondary N) is 1. The van der Waals surface area contributed by atoms with Crippen LogP contribution in [0.1, 0.15) is 36.5 Å². The first-order valence-corrected chi connectivity index (χ1v) is 8.37. The summed E-state index contributed by atoms with van der Waals surface area (Å²) in [5.74, 6) is 1.07. The molecular formula is C14H18BrNO2S. The lowest BCUT2D eigenvalue weighted by Gasteiger charge is -2.20. The summed E-state index contributed by atoms with van der Waals surface area (Å²) in [6, 6.07) is 5.16. The van der Waals surface area contributed by atoms with Crippen molar-refractivity contribution in [2.75, 3.05) is 5.75 Å². The van der Waals surface area contributed by atoms with Gasteiger partial charge in [0.2, 0.25) is 0 Å². The van der Waals surface area contributed by atoms with Gasteiger partial charge in [0.25, 0.3) is 5.91 Å². The largest absolute Gasteiger partial charge is 0.507 e. The van der Waals surface area contributed by atoms with Gasteiger partial charge in [-0.1, -0.05) is 13.3 Å². The highest BCUT2D eigenvalue weighted by Crippen LogP contribution is 2.30.